The van der Waals surface area contributed by atoms with Crippen molar-refractivity contribution in [3.8, 4) is 0 Å². The Kier molecular flexibility index (Phi) is 5.72. The lowest BCUT2D eigenvalue weighted by atomic mass is 9.92. The third kappa shape index (κ3) is 4.61. The number of carbonyl (C=O) groups excluding carboxylic acids is 2. The van der Waals surface area contributed by atoms with Gasteiger partial charge in [0.15, 0.2) is 0 Å². The maximum Gasteiger partial charge on any atom is 0.246 e. The molecule has 0 bridgehead atoms. The Labute approximate surface area is 132 Å². The fourth-order valence-electron chi connectivity index (χ4n) is 2.32. The Balaban J connectivity index is 2.79. The van der Waals surface area contributed by atoms with Crippen LogP contribution in [0, 0.1) is 10.8 Å². The number of hydrogen-bond acceptors (Lipinski definition) is 4. The van der Waals surface area contributed by atoms with Gasteiger partial charge in [-0.25, -0.2) is 0 Å². The van der Waals surface area contributed by atoms with Gasteiger partial charge in [0.05, 0.1) is 5.88 Å². The van der Waals surface area contributed by atoms with E-state index in [0.29, 0.717) is 24.7 Å². The molecule has 2 N–H and O–H groups in total. The van der Waals surface area contributed by atoms with E-state index in [4.69, 9.17) is 5.73 Å². The fourth-order valence-corrected chi connectivity index (χ4v) is 3.46. The summed E-state index contributed by atoms with van der Waals surface area (Å²) in [6, 6.07) is -0.347. The Morgan fingerprint density at radius 2 is 1.86 bits per heavy atom. The number of rotatable bonds is 4. The van der Waals surface area contributed by atoms with E-state index in [9.17, 15) is 9.59 Å². The minimum Gasteiger partial charge on any atom is -0.343 e. The largest absolute Gasteiger partial charge is 0.343 e. The molecule has 1 aliphatic rings. The van der Waals surface area contributed by atoms with Gasteiger partial charge in [-0.2, -0.15) is 0 Å². The molecule has 0 aromatic rings. The highest BCUT2D eigenvalue weighted by molar-refractivity contribution is 7.99. The minimum absolute atomic E-state index is 0.0131. The predicted molar refractivity (Wildman–Crippen MR) is 87.9 cm³/mol. The van der Waals surface area contributed by atoms with Crippen LogP contribution in [0.3, 0.4) is 0 Å². The quantitative estimate of drug-likeness (QED) is 0.851. The van der Waals surface area contributed by atoms with Crippen LogP contribution in [0.25, 0.3) is 0 Å². The molecule has 122 valence electrons. The van der Waals surface area contributed by atoms with Crippen molar-refractivity contribution in [1.82, 2.24) is 9.80 Å². The molecule has 1 saturated heterocycles. The SMILES string of the molecule is CN(CC(C)(C)CN)C(=O)C1CSCN1C(=O)C(C)(C)C. The summed E-state index contributed by atoms with van der Waals surface area (Å²) in [5.74, 6) is 1.32. The molecule has 0 spiro atoms. The minimum atomic E-state index is -0.460. The summed E-state index contributed by atoms with van der Waals surface area (Å²) in [7, 11) is 1.79. The van der Waals surface area contributed by atoms with Gasteiger partial charge in [0, 0.05) is 24.8 Å². The van der Waals surface area contributed by atoms with Gasteiger partial charge in [0.1, 0.15) is 6.04 Å². The van der Waals surface area contributed by atoms with Crippen LogP contribution in [0.1, 0.15) is 34.6 Å². The summed E-state index contributed by atoms with van der Waals surface area (Å²) in [5.41, 5.74) is 5.16. The molecule has 1 unspecified atom stereocenters. The molecule has 0 aromatic heterocycles. The molecule has 1 rings (SSSR count). The second-order valence-electron chi connectivity index (χ2n) is 7.60. The summed E-state index contributed by atoms with van der Waals surface area (Å²) < 4.78 is 0. The molecule has 0 radical (unpaired) electrons. The molecule has 21 heavy (non-hydrogen) atoms. The van der Waals surface area contributed by atoms with Crippen LogP contribution < -0.4 is 5.73 Å². The maximum absolute atomic E-state index is 12.7. The number of carbonyl (C=O) groups is 2. The van der Waals surface area contributed by atoms with Gasteiger partial charge in [-0.3, -0.25) is 9.59 Å². The zero-order valence-corrected chi connectivity index (χ0v) is 14.9. The van der Waals surface area contributed by atoms with Crippen molar-refractivity contribution < 1.29 is 9.59 Å². The van der Waals surface area contributed by atoms with Crippen LogP contribution >= 0.6 is 11.8 Å². The lowest BCUT2D eigenvalue weighted by molar-refractivity contribution is -0.147. The molecule has 1 atom stereocenters. The molecule has 1 fully saturated rings. The molecule has 6 heteroatoms. The molecule has 0 aromatic carbocycles. The zero-order chi connectivity index (χ0) is 16.4. The van der Waals surface area contributed by atoms with Gasteiger partial charge in [0.25, 0.3) is 0 Å². The van der Waals surface area contributed by atoms with Crippen LogP contribution in [0.5, 0.6) is 0 Å². The zero-order valence-electron chi connectivity index (χ0n) is 14.1. The van der Waals surface area contributed by atoms with Gasteiger partial charge in [0.2, 0.25) is 11.8 Å². The second-order valence-corrected chi connectivity index (χ2v) is 8.60. The molecule has 1 aliphatic heterocycles. The molecule has 2 amide bonds. The van der Waals surface area contributed by atoms with E-state index in [1.165, 1.54) is 0 Å². The molecule has 1 heterocycles. The summed E-state index contributed by atoms with van der Waals surface area (Å²) >= 11 is 1.64. The first-order chi connectivity index (χ1) is 9.49. The molecule has 0 aliphatic carbocycles. The third-order valence-electron chi connectivity index (χ3n) is 3.66. The van der Waals surface area contributed by atoms with Crippen molar-refractivity contribution in [3.05, 3.63) is 0 Å². The lowest BCUT2D eigenvalue weighted by Crippen LogP contribution is -2.52. The summed E-state index contributed by atoms with van der Waals surface area (Å²) in [6.07, 6.45) is 0. The van der Waals surface area contributed by atoms with E-state index in [1.807, 2.05) is 34.6 Å². The number of nitrogens with two attached hydrogens (primary N) is 1. The fraction of sp³-hybridized carbons (Fsp3) is 0.867. The van der Waals surface area contributed by atoms with Crippen molar-refractivity contribution in [3.63, 3.8) is 0 Å². The Morgan fingerprint density at radius 3 is 2.33 bits per heavy atom. The van der Waals surface area contributed by atoms with Crippen molar-refractivity contribution in [2.75, 3.05) is 31.8 Å². The first kappa shape index (κ1) is 18.3. The molecular weight excluding hydrogens is 286 g/mol. The van der Waals surface area contributed by atoms with Crippen molar-refractivity contribution in [1.29, 1.82) is 0 Å². The molecule has 5 nitrogen and oxygen atoms in total. The van der Waals surface area contributed by atoms with E-state index < -0.39 is 5.41 Å². The van der Waals surface area contributed by atoms with Gasteiger partial charge in [-0.1, -0.05) is 34.6 Å². The van der Waals surface area contributed by atoms with E-state index >= 15 is 0 Å². The van der Waals surface area contributed by atoms with Crippen LogP contribution in [-0.2, 0) is 9.59 Å². The molecular formula is C15H29N3O2S. The number of thioether (sulfide) groups is 1. The number of hydrogen-bond donors (Lipinski definition) is 1. The van der Waals surface area contributed by atoms with E-state index in [2.05, 4.69) is 0 Å². The van der Waals surface area contributed by atoms with Crippen LogP contribution in [-0.4, -0.2) is 59.4 Å². The van der Waals surface area contributed by atoms with Crippen LogP contribution in [0.4, 0.5) is 0 Å². The Morgan fingerprint density at radius 1 is 1.29 bits per heavy atom. The van der Waals surface area contributed by atoms with Crippen molar-refractivity contribution in [2.24, 2.45) is 16.6 Å². The maximum atomic E-state index is 12.7. The van der Waals surface area contributed by atoms with E-state index in [-0.39, 0.29) is 23.3 Å². The van der Waals surface area contributed by atoms with Gasteiger partial charge in [-0.15, -0.1) is 11.8 Å². The highest BCUT2D eigenvalue weighted by atomic mass is 32.2. The number of nitrogens with zero attached hydrogens (tertiary/aromatic N) is 2. The topological polar surface area (TPSA) is 66.6 Å². The van der Waals surface area contributed by atoms with E-state index in [0.717, 1.165) is 0 Å². The Hall–Kier alpha value is -0.750. The summed E-state index contributed by atoms with van der Waals surface area (Å²) in [4.78, 5) is 28.6. The standard InChI is InChI=1S/C15H29N3O2S/c1-14(2,3)13(20)18-10-21-7-11(18)12(19)17(6)9-15(4,5)8-16/h11H,7-10,16H2,1-6H3. The van der Waals surface area contributed by atoms with Crippen molar-refractivity contribution >= 4 is 23.6 Å². The predicted octanol–water partition coefficient (Wildman–Crippen LogP) is 1.38. The van der Waals surface area contributed by atoms with Crippen LogP contribution in [0.2, 0.25) is 0 Å². The van der Waals surface area contributed by atoms with Gasteiger partial charge in [-0.05, 0) is 12.0 Å². The van der Waals surface area contributed by atoms with E-state index in [1.54, 1.807) is 28.6 Å². The highest BCUT2D eigenvalue weighted by Crippen LogP contribution is 2.28. The first-order valence-corrected chi connectivity index (χ1v) is 8.49. The lowest BCUT2D eigenvalue weighted by Gasteiger charge is -2.34. The smallest absolute Gasteiger partial charge is 0.246 e. The average Bonchev–Trinajstić information content (AvgIpc) is 2.84. The first-order valence-electron chi connectivity index (χ1n) is 7.33. The van der Waals surface area contributed by atoms with Gasteiger partial charge >= 0.3 is 0 Å². The molecule has 0 saturated carbocycles. The second kappa shape index (κ2) is 6.57. The third-order valence-corrected chi connectivity index (χ3v) is 4.68. The van der Waals surface area contributed by atoms with Crippen molar-refractivity contribution in [2.45, 2.75) is 40.7 Å². The highest BCUT2D eigenvalue weighted by Gasteiger charge is 2.40. The summed E-state index contributed by atoms with van der Waals surface area (Å²) in [5, 5.41) is 0. The van der Waals surface area contributed by atoms with Crippen LogP contribution in [0.15, 0.2) is 0 Å². The number of likely N-dealkylation sites (N-methyl/N-ethyl adjacent to an activating group) is 1. The number of amides is 2. The Bertz CT molecular complexity index is 404. The summed E-state index contributed by atoms with van der Waals surface area (Å²) in [6.45, 7) is 10.9. The monoisotopic (exact) mass is 315 g/mol. The average molecular weight is 315 g/mol. The van der Waals surface area contributed by atoms with Gasteiger partial charge < -0.3 is 15.5 Å². The normalized spacial score (nSPS) is 19.8.